The van der Waals surface area contributed by atoms with Gasteiger partial charge in [-0.1, -0.05) is 13.8 Å². The molecule has 0 spiro atoms. The second kappa shape index (κ2) is 9.90. The van der Waals surface area contributed by atoms with E-state index in [1.165, 1.54) is 0 Å². The molecule has 4 heterocycles. The van der Waals surface area contributed by atoms with E-state index in [-0.39, 0.29) is 34.3 Å². The number of likely N-dealkylation sites (N-methyl/N-ethyl adjacent to an activating group) is 1. The molecule has 0 aromatic carbocycles. The number of carbonyl (C=O) groups is 1. The van der Waals surface area contributed by atoms with Crippen LogP contribution in [0.2, 0.25) is 0 Å². The van der Waals surface area contributed by atoms with Gasteiger partial charge in [0.25, 0.3) is 5.91 Å². The summed E-state index contributed by atoms with van der Waals surface area (Å²) in [5.74, 6) is 1.93. The van der Waals surface area contributed by atoms with Gasteiger partial charge in [-0.3, -0.25) is 4.79 Å². The van der Waals surface area contributed by atoms with Gasteiger partial charge >= 0.3 is 0 Å². The number of anilines is 3. The van der Waals surface area contributed by atoms with Crippen molar-refractivity contribution in [2.75, 3.05) is 43.9 Å². The summed E-state index contributed by atoms with van der Waals surface area (Å²) < 4.78 is 26.2. The van der Waals surface area contributed by atoms with Crippen LogP contribution in [0.1, 0.15) is 46.6 Å². The highest BCUT2D eigenvalue weighted by Crippen LogP contribution is 2.39. The number of nitrogens with zero attached hydrogens (tertiary/aromatic N) is 4. The normalized spacial score (nSPS) is 16.2. The van der Waals surface area contributed by atoms with Gasteiger partial charge in [0.05, 0.1) is 11.7 Å². The van der Waals surface area contributed by atoms with Gasteiger partial charge in [0.2, 0.25) is 11.6 Å². The van der Waals surface area contributed by atoms with E-state index in [2.05, 4.69) is 24.3 Å². The molecule has 10 nitrogen and oxygen atoms in total. The summed E-state index contributed by atoms with van der Waals surface area (Å²) in [6.07, 6.45) is 0. The van der Waals surface area contributed by atoms with Crippen LogP contribution in [0.3, 0.4) is 0 Å². The van der Waals surface area contributed by atoms with Crippen molar-refractivity contribution in [2.24, 2.45) is 5.92 Å². The van der Waals surface area contributed by atoms with Crippen LogP contribution in [-0.4, -0.2) is 67.3 Å². The molecular weight excluding hydrogens is 476 g/mol. The third-order valence-electron chi connectivity index (χ3n) is 6.02. The van der Waals surface area contributed by atoms with E-state index in [4.69, 9.17) is 4.42 Å². The zero-order valence-electron chi connectivity index (χ0n) is 19.9. The minimum Gasteiger partial charge on any atom is -0.546 e. The number of aromatic hydroxyl groups is 1. The molecule has 1 aliphatic heterocycles. The summed E-state index contributed by atoms with van der Waals surface area (Å²) in [5, 5.41) is 18.7. The lowest BCUT2D eigenvalue weighted by molar-refractivity contribution is 0.0666. The van der Waals surface area contributed by atoms with Crippen molar-refractivity contribution in [3.8, 4) is 5.75 Å². The highest BCUT2D eigenvalue weighted by Gasteiger charge is 2.28. The van der Waals surface area contributed by atoms with Crippen molar-refractivity contribution in [1.82, 2.24) is 18.5 Å². The standard InChI is InChI=1S/C22H30N6O4S2/c1-12(2)17(16-10-13(3)14(4)32-16)24-21-20(25-34(31)26-21)23-15-11-33-19(18(15)29)22(30)28-8-6-27(5)7-9-28/h10-12,17,29H,6-9H2,1-5H3,(H,23,25)(H,24,26)/t17-,34?/m1/s1. The van der Waals surface area contributed by atoms with E-state index in [0.29, 0.717) is 24.6 Å². The third kappa shape index (κ3) is 5.04. The Balaban J connectivity index is 1.54. The van der Waals surface area contributed by atoms with Crippen molar-refractivity contribution >= 4 is 45.7 Å². The maximum atomic E-state index is 12.9. The van der Waals surface area contributed by atoms with Crippen molar-refractivity contribution < 1.29 is 18.9 Å². The number of nitrogens with one attached hydrogen (secondary N) is 2. The minimum absolute atomic E-state index is 0.144. The number of hydrogen-bond acceptors (Lipinski definition) is 10. The van der Waals surface area contributed by atoms with Gasteiger partial charge < -0.3 is 34.5 Å². The number of furan rings is 1. The Morgan fingerprint density at radius 3 is 2.53 bits per heavy atom. The zero-order valence-corrected chi connectivity index (χ0v) is 21.5. The topological polar surface area (TPSA) is 130 Å². The monoisotopic (exact) mass is 506 g/mol. The number of hydrogen-bond donors (Lipinski definition) is 3. The number of thiophene rings is 1. The molecule has 0 bridgehead atoms. The Hall–Kier alpha value is -2.67. The number of carbonyl (C=O) groups excluding carboxylic acids is 1. The lowest BCUT2D eigenvalue weighted by Gasteiger charge is -2.32. The average Bonchev–Trinajstić information content (AvgIpc) is 3.43. The van der Waals surface area contributed by atoms with Crippen LogP contribution in [0.5, 0.6) is 5.75 Å². The molecule has 3 N–H and O–H groups in total. The van der Waals surface area contributed by atoms with Crippen molar-refractivity contribution in [1.29, 1.82) is 0 Å². The number of aryl methyl sites for hydroxylation is 2. The summed E-state index contributed by atoms with van der Waals surface area (Å²) in [5.41, 5.74) is 1.37. The lowest BCUT2D eigenvalue weighted by Crippen LogP contribution is -2.46. The SMILES string of the molecule is Cc1cc([C@H](Nc2n[s+]([O-])nc2Nc2csc(C(=O)N3CCN(C)CC3)c2O)C(C)C)oc1C. The van der Waals surface area contributed by atoms with Crippen LogP contribution in [0.15, 0.2) is 15.9 Å². The van der Waals surface area contributed by atoms with Crippen LogP contribution in [-0.2, 0) is 0 Å². The fourth-order valence-corrected chi connectivity index (χ4v) is 5.26. The van der Waals surface area contributed by atoms with E-state index in [9.17, 15) is 14.5 Å². The predicted octanol–water partition coefficient (Wildman–Crippen LogP) is 4.12. The number of piperazine rings is 1. The molecule has 1 unspecified atom stereocenters. The molecule has 2 atom stereocenters. The molecule has 1 fully saturated rings. The van der Waals surface area contributed by atoms with E-state index >= 15 is 0 Å². The van der Waals surface area contributed by atoms with Crippen LogP contribution in [0, 0.1) is 19.8 Å². The third-order valence-corrected chi connectivity index (χ3v) is 7.65. The molecule has 12 heteroatoms. The van der Waals surface area contributed by atoms with E-state index < -0.39 is 11.1 Å². The van der Waals surface area contributed by atoms with Gasteiger partial charge in [0.1, 0.15) is 16.4 Å². The lowest BCUT2D eigenvalue weighted by atomic mass is 10.0. The molecule has 3 aromatic heterocycles. The molecule has 1 aliphatic rings. The maximum absolute atomic E-state index is 12.9. The molecular formula is C22H30N6O4S2. The van der Waals surface area contributed by atoms with Crippen molar-refractivity contribution in [3.05, 3.63) is 33.4 Å². The van der Waals surface area contributed by atoms with E-state index in [1.807, 2.05) is 40.8 Å². The first-order chi connectivity index (χ1) is 16.1. The fourth-order valence-electron chi connectivity index (χ4n) is 3.78. The molecule has 0 radical (unpaired) electrons. The molecule has 0 aliphatic carbocycles. The highest BCUT2D eigenvalue weighted by atomic mass is 32.2. The van der Waals surface area contributed by atoms with Gasteiger partial charge in [-0.25, -0.2) is 0 Å². The average molecular weight is 507 g/mol. The van der Waals surface area contributed by atoms with Gasteiger partial charge in [0, 0.05) is 40.3 Å². The van der Waals surface area contributed by atoms with Gasteiger partial charge in [-0.2, -0.15) is 0 Å². The van der Waals surface area contributed by atoms with Crippen LogP contribution >= 0.6 is 22.5 Å². The molecule has 1 saturated heterocycles. The van der Waals surface area contributed by atoms with Crippen LogP contribution in [0.25, 0.3) is 0 Å². The second-order valence-corrected chi connectivity index (χ2v) is 10.6. The molecule has 3 aromatic rings. The predicted molar refractivity (Wildman–Crippen MR) is 133 cm³/mol. The van der Waals surface area contributed by atoms with E-state index in [0.717, 1.165) is 41.5 Å². The largest absolute Gasteiger partial charge is 0.546 e. The Morgan fingerprint density at radius 2 is 1.91 bits per heavy atom. The second-order valence-electron chi connectivity index (χ2n) is 8.91. The summed E-state index contributed by atoms with van der Waals surface area (Å²) in [7, 11) is 2.02. The molecule has 34 heavy (non-hydrogen) atoms. The molecule has 1 amide bonds. The molecule has 184 valence electrons. The zero-order chi connectivity index (χ0) is 24.6. The highest BCUT2D eigenvalue weighted by molar-refractivity contribution is 7.14. The van der Waals surface area contributed by atoms with Crippen LogP contribution < -0.4 is 10.6 Å². The van der Waals surface area contributed by atoms with Crippen molar-refractivity contribution in [2.45, 2.75) is 33.7 Å². The van der Waals surface area contributed by atoms with Crippen molar-refractivity contribution in [3.63, 3.8) is 0 Å². The minimum atomic E-state index is -1.80. The van der Waals surface area contributed by atoms with E-state index in [1.54, 1.807) is 10.3 Å². The molecule has 4 rings (SSSR count). The van der Waals surface area contributed by atoms with Crippen LogP contribution in [0.4, 0.5) is 17.3 Å². The van der Waals surface area contributed by atoms with Gasteiger partial charge in [0.15, 0.2) is 16.9 Å². The number of aromatic nitrogens is 2. The first-order valence-corrected chi connectivity index (χ1v) is 13.1. The summed E-state index contributed by atoms with van der Waals surface area (Å²) in [4.78, 5) is 17.1. The smallest absolute Gasteiger partial charge is 0.267 e. The molecule has 0 saturated carbocycles. The fraction of sp³-hybridized carbons (Fsp3) is 0.500. The first-order valence-electron chi connectivity index (χ1n) is 11.1. The van der Waals surface area contributed by atoms with Gasteiger partial charge in [-0.15, -0.1) is 11.3 Å². The Bertz CT molecular complexity index is 1140. The Labute approximate surface area is 205 Å². The quantitative estimate of drug-likeness (QED) is 0.405. The number of rotatable bonds is 7. The Morgan fingerprint density at radius 1 is 1.24 bits per heavy atom. The summed E-state index contributed by atoms with van der Waals surface area (Å²) in [6, 6.07) is 1.75. The maximum Gasteiger partial charge on any atom is 0.267 e. The summed E-state index contributed by atoms with van der Waals surface area (Å²) >= 11 is -0.635. The number of amides is 1. The van der Waals surface area contributed by atoms with Gasteiger partial charge in [-0.05, 0) is 38.4 Å². The summed E-state index contributed by atoms with van der Waals surface area (Å²) in [6.45, 7) is 10.8. The Kier molecular flexibility index (Phi) is 7.12. The first kappa shape index (κ1) is 24.5.